The van der Waals surface area contributed by atoms with Crippen LogP contribution in [0.25, 0.3) is 16.7 Å². The lowest BCUT2D eigenvalue weighted by Gasteiger charge is -2.10. The first-order chi connectivity index (χ1) is 15.0. The van der Waals surface area contributed by atoms with Gasteiger partial charge in [0.2, 0.25) is 11.7 Å². The predicted molar refractivity (Wildman–Crippen MR) is 115 cm³/mol. The fourth-order valence-corrected chi connectivity index (χ4v) is 4.48. The van der Waals surface area contributed by atoms with Gasteiger partial charge >= 0.3 is 5.97 Å². The quantitative estimate of drug-likeness (QED) is 0.492. The largest absolute Gasteiger partial charge is 0.454 e. The number of aryl methyl sites for hydroxylation is 1. The summed E-state index contributed by atoms with van der Waals surface area (Å²) in [5, 5.41) is 11.5. The van der Waals surface area contributed by atoms with Gasteiger partial charge in [0.05, 0.1) is 22.2 Å². The van der Waals surface area contributed by atoms with E-state index in [2.05, 4.69) is 15.5 Å². The zero-order chi connectivity index (χ0) is 21.5. The van der Waals surface area contributed by atoms with Crippen LogP contribution in [0.15, 0.2) is 52.2 Å². The van der Waals surface area contributed by atoms with E-state index in [0.29, 0.717) is 45.9 Å². The van der Waals surface area contributed by atoms with Crippen molar-refractivity contribution in [3.05, 3.63) is 64.2 Å². The molecule has 1 amide bonds. The molecule has 0 atom stereocenters. The standard InChI is InChI=1S/C21H17N5O4S/c1-25-19(28)13-4-2-3-5-15(13)26-17(23-24-21(25)26)11-30-20(29)12-6-7-16-14(10-12)22-18(27)8-9-31-16/h2-7,10H,8-9,11H2,1H3,(H,22,27). The van der Waals surface area contributed by atoms with Crippen LogP contribution in [0.1, 0.15) is 22.6 Å². The van der Waals surface area contributed by atoms with E-state index in [1.807, 2.05) is 6.07 Å². The lowest BCUT2D eigenvalue weighted by molar-refractivity contribution is -0.115. The Morgan fingerprint density at radius 3 is 2.90 bits per heavy atom. The Balaban J connectivity index is 1.45. The average Bonchev–Trinajstić information content (AvgIpc) is 3.11. The van der Waals surface area contributed by atoms with Crippen molar-refractivity contribution in [1.82, 2.24) is 19.2 Å². The van der Waals surface area contributed by atoms with Crippen LogP contribution in [-0.4, -0.2) is 36.8 Å². The van der Waals surface area contributed by atoms with Crippen LogP contribution in [0, 0.1) is 0 Å². The molecule has 0 fully saturated rings. The number of anilines is 1. The van der Waals surface area contributed by atoms with E-state index >= 15 is 0 Å². The molecule has 0 aliphatic carbocycles. The molecule has 1 N–H and O–H groups in total. The number of rotatable bonds is 3. The van der Waals surface area contributed by atoms with Crippen molar-refractivity contribution >= 4 is 46.0 Å². The Labute approximate surface area is 180 Å². The number of fused-ring (bicyclic) bond motifs is 4. The Hall–Kier alpha value is -3.66. The minimum Gasteiger partial charge on any atom is -0.454 e. The molecule has 1 aliphatic rings. The minimum atomic E-state index is -0.544. The number of hydrogen-bond donors (Lipinski definition) is 1. The number of benzene rings is 2. The monoisotopic (exact) mass is 435 g/mol. The van der Waals surface area contributed by atoms with Crippen molar-refractivity contribution in [2.24, 2.45) is 7.05 Å². The van der Waals surface area contributed by atoms with E-state index in [1.165, 1.54) is 4.57 Å². The van der Waals surface area contributed by atoms with Crippen LogP contribution in [0.5, 0.6) is 0 Å². The first-order valence-corrected chi connectivity index (χ1v) is 10.6. The van der Waals surface area contributed by atoms with E-state index in [-0.39, 0.29) is 18.1 Å². The van der Waals surface area contributed by atoms with Crippen LogP contribution in [0.4, 0.5) is 5.69 Å². The zero-order valence-corrected chi connectivity index (χ0v) is 17.3. The van der Waals surface area contributed by atoms with E-state index in [4.69, 9.17) is 4.74 Å². The van der Waals surface area contributed by atoms with Crippen molar-refractivity contribution in [1.29, 1.82) is 0 Å². The molecule has 31 heavy (non-hydrogen) atoms. The zero-order valence-electron chi connectivity index (χ0n) is 16.5. The van der Waals surface area contributed by atoms with Crippen molar-refractivity contribution in [2.75, 3.05) is 11.1 Å². The number of nitrogens with one attached hydrogen (secondary N) is 1. The maximum Gasteiger partial charge on any atom is 0.338 e. The maximum atomic E-state index is 12.7. The number of amides is 1. The van der Waals surface area contributed by atoms with Crippen LogP contribution < -0.4 is 10.9 Å². The summed E-state index contributed by atoms with van der Waals surface area (Å²) in [6.45, 7) is -0.125. The summed E-state index contributed by atoms with van der Waals surface area (Å²) in [5.41, 5.74) is 1.40. The van der Waals surface area contributed by atoms with Gasteiger partial charge in [0, 0.05) is 24.1 Å². The molecule has 9 nitrogen and oxygen atoms in total. The molecule has 0 unspecified atom stereocenters. The summed E-state index contributed by atoms with van der Waals surface area (Å²) in [4.78, 5) is 37.9. The van der Waals surface area contributed by atoms with Gasteiger partial charge in [-0.15, -0.1) is 22.0 Å². The second kappa shape index (κ2) is 7.55. The summed E-state index contributed by atoms with van der Waals surface area (Å²) in [7, 11) is 1.62. The van der Waals surface area contributed by atoms with Crippen LogP contribution >= 0.6 is 11.8 Å². The van der Waals surface area contributed by atoms with Gasteiger partial charge < -0.3 is 10.1 Å². The highest BCUT2D eigenvalue weighted by Crippen LogP contribution is 2.31. The highest BCUT2D eigenvalue weighted by atomic mass is 32.2. The SMILES string of the molecule is Cn1c(=O)c2ccccc2n2c(COC(=O)c3ccc4c(c3)NC(=O)CCS4)nnc12. The molecule has 0 bridgehead atoms. The lowest BCUT2D eigenvalue weighted by atomic mass is 10.2. The molecule has 0 radical (unpaired) electrons. The molecular weight excluding hydrogens is 418 g/mol. The average molecular weight is 435 g/mol. The summed E-state index contributed by atoms with van der Waals surface area (Å²) in [6.07, 6.45) is 0.426. The molecule has 0 spiro atoms. The van der Waals surface area contributed by atoms with E-state index < -0.39 is 5.97 Å². The number of nitrogens with zero attached hydrogens (tertiary/aromatic N) is 4. The molecule has 2 aromatic carbocycles. The Morgan fingerprint density at radius 2 is 2.03 bits per heavy atom. The fraction of sp³-hybridized carbons (Fsp3) is 0.190. The Morgan fingerprint density at radius 1 is 1.19 bits per heavy atom. The van der Waals surface area contributed by atoms with Crippen LogP contribution in [0.3, 0.4) is 0 Å². The first-order valence-electron chi connectivity index (χ1n) is 9.58. The van der Waals surface area contributed by atoms with Gasteiger partial charge in [-0.05, 0) is 30.3 Å². The van der Waals surface area contributed by atoms with Crippen molar-refractivity contribution in [2.45, 2.75) is 17.9 Å². The number of esters is 1. The number of carbonyl (C=O) groups is 2. The number of thioether (sulfide) groups is 1. The molecule has 0 saturated carbocycles. The molecule has 156 valence electrons. The highest BCUT2D eigenvalue weighted by molar-refractivity contribution is 7.99. The van der Waals surface area contributed by atoms with Gasteiger partial charge in [-0.3, -0.25) is 18.6 Å². The molecule has 0 saturated heterocycles. The van der Waals surface area contributed by atoms with Gasteiger partial charge in [0.1, 0.15) is 0 Å². The van der Waals surface area contributed by atoms with Crippen LogP contribution in [0.2, 0.25) is 0 Å². The van der Waals surface area contributed by atoms with E-state index in [1.54, 1.807) is 59.6 Å². The molecular formula is C21H17N5O4S. The van der Waals surface area contributed by atoms with Crippen LogP contribution in [-0.2, 0) is 23.2 Å². The lowest BCUT2D eigenvalue weighted by Crippen LogP contribution is -2.20. The number of ether oxygens (including phenoxy) is 1. The summed E-state index contributed by atoms with van der Waals surface area (Å²) >= 11 is 1.57. The molecule has 4 aromatic rings. The van der Waals surface area contributed by atoms with E-state index in [9.17, 15) is 14.4 Å². The molecule has 10 heteroatoms. The third kappa shape index (κ3) is 3.34. The molecule has 3 heterocycles. The predicted octanol–water partition coefficient (Wildman–Crippen LogP) is 2.37. The number of aromatic nitrogens is 4. The third-order valence-corrected chi connectivity index (χ3v) is 6.18. The number of carbonyl (C=O) groups excluding carboxylic acids is 2. The number of para-hydroxylation sites is 1. The highest BCUT2D eigenvalue weighted by Gasteiger charge is 2.19. The molecule has 5 rings (SSSR count). The normalized spacial score (nSPS) is 13.6. The van der Waals surface area contributed by atoms with Gasteiger partial charge in [0.25, 0.3) is 5.56 Å². The minimum absolute atomic E-state index is 0.0795. The van der Waals surface area contributed by atoms with E-state index in [0.717, 1.165) is 4.90 Å². The van der Waals surface area contributed by atoms with Crippen molar-refractivity contribution < 1.29 is 14.3 Å². The Bertz CT molecular complexity index is 1420. The second-order valence-electron chi connectivity index (χ2n) is 7.07. The molecule has 2 aromatic heterocycles. The summed E-state index contributed by atoms with van der Waals surface area (Å²) in [6, 6.07) is 12.2. The first kappa shape index (κ1) is 19.3. The summed E-state index contributed by atoms with van der Waals surface area (Å²) < 4.78 is 8.60. The fourth-order valence-electron chi connectivity index (χ4n) is 3.55. The third-order valence-electron chi connectivity index (χ3n) is 5.10. The summed E-state index contributed by atoms with van der Waals surface area (Å²) in [5.74, 6) is 0.827. The smallest absolute Gasteiger partial charge is 0.338 e. The van der Waals surface area contributed by atoms with Crippen molar-refractivity contribution in [3.8, 4) is 0 Å². The van der Waals surface area contributed by atoms with Gasteiger partial charge in [-0.2, -0.15) is 0 Å². The number of hydrogen-bond acceptors (Lipinski definition) is 7. The van der Waals surface area contributed by atoms with Crippen molar-refractivity contribution in [3.63, 3.8) is 0 Å². The maximum absolute atomic E-state index is 12.7. The Kier molecular flexibility index (Phi) is 4.70. The van der Waals surface area contributed by atoms with Gasteiger partial charge in [0.15, 0.2) is 12.4 Å². The van der Waals surface area contributed by atoms with Gasteiger partial charge in [-0.25, -0.2) is 4.79 Å². The molecule has 1 aliphatic heterocycles. The van der Waals surface area contributed by atoms with Gasteiger partial charge in [-0.1, -0.05) is 12.1 Å². The topological polar surface area (TPSA) is 108 Å². The second-order valence-corrected chi connectivity index (χ2v) is 8.20.